The van der Waals surface area contributed by atoms with E-state index in [-0.39, 0.29) is 5.41 Å². The van der Waals surface area contributed by atoms with Gasteiger partial charge in [-0.25, -0.2) is 0 Å². The molecule has 1 saturated carbocycles. The van der Waals surface area contributed by atoms with E-state index in [1.54, 1.807) is 0 Å². The van der Waals surface area contributed by atoms with Gasteiger partial charge >= 0.3 is 0 Å². The highest BCUT2D eigenvalue weighted by molar-refractivity contribution is 6.05. The predicted octanol–water partition coefficient (Wildman–Crippen LogP) is 1.92. The molecule has 0 atom stereocenters. The van der Waals surface area contributed by atoms with Gasteiger partial charge in [0.15, 0.2) is 5.78 Å². The van der Waals surface area contributed by atoms with Gasteiger partial charge < -0.3 is 4.98 Å². The summed E-state index contributed by atoms with van der Waals surface area (Å²) in [6.07, 6.45) is 8.27. The molecule has 0 aromatic carbocycles. The van der Waals surface area contributed by atoms with E-state index in [0.29, 0.717) is 5.78 Å². The fourth-order valence-electron chi connectivity index (χ4n) is 2.49. The summed E-state index contributed by atoms with van der Waals surface area (Å²) in [6.45, 7) is 0. The fraction of sp³-hybridized carbons (Fsp3) is 0.500. The molecule has 1 N–H and O–H groups in total. The molecule has 1 aromatic rings. The molecule has 62 valence electrons. The van der Waals surface area contributed by atoms with Crippen LogP contribution in [0.15, 0.2) is 12.4 Å². The number of nitrogens with one attached hydrogen (secondary N) is 1. The largest absolute Gasteiger partial charge is 0.367 e. The molecule has 0 radical (unpaired) electrons. The molecule has 2 aliphatic rings. The number of hydrogen-bond donors (Lipinski definition) is 1. The minimum Gasteiger partial charge on any atom is -0.367 e. The summed E-state index contributed by atoms with van der Waals surface area (Å²) in [6, 6.07) is 0. The second kappa shape index (κ2) is 1.82. The first kappa shape index (κ1) is 6.46. The molecule has 0 saturated heterocycles. The van der Waals surface area contributed by atoms with E-state index in [1.807, 2.05) is 12.4 Å². The topological polar surface area (TPSA) is 32.9 Å². The number of hydrogen-bond acceptors (Lipinski definition) is 1. The fourth-order valence-corrected chi connectivity index (χ4v) is 2.49. The lowest BCUT2D eigenvalue weighted by Crippen LogP contribution is -2.35. The molecule has 0 amide bonds. The predicted molar refractivity (Wildman–Crippen MR) is 45.1 cm³/mol. The molecule has 2 heteroatoms. The van der Waals surface area contributed by atoms with Gasteiger partial charge in [-0.05, 0) is 24.8 Å². The van der Waals surface area contributed by atoms with Crippen LogP contribution < -0.4 is 0 Å². The van der Waals surface area contributed by atoms with Crippen molar-refractivity contribution in [1.29, 1.82) is 0 Å². The lowest BCUT2D eigenvalue weighted by atomic mass is 9.66. The first-order chi connectivity index (χ1) is 5.82. The van der Waals surface area contributed by atoms with Crippen LogP contribution >= 0.6 is 0 Å². The third kappa shape index (κ3) is 0.554. The summed E-state index contributed by atoms with van der Waals surface area (Å²) >= 11 is 0. The van der Waals surface area contributed by atoms with E-state index >= 15 is 0 Å². The molecule has 1 heterocycles. The quantitative estimate of drug-likeness (QED) is 0.619. The van der Waals surface area contributed by atoms with Gasteiger partial charge in [0.1, 0.15) is 0 Å². The molecule has 0 aliphatic heterocycles. The zero-order valence-corrected chi connectivity index (χ0v) is 6.89. The molecular formula is C10H11NO. The molecule has 1 aromatic heterocycles. The summed E-state index contributed by atoms with van der Waals surface area (Å²) in [7, 11) is 0. The molecule has 1 fully saturated rings. The lowest BCUT2D eigenvalue weighted by Gasteiger charge is -2.36. The minimum absolute atomic E-state index is 0.0553. The van der Waals surface area contributed by atoms with Crippen molar-refractivity contribution in [2.75, 3.05) is 0 Å². The Morgan fingerprint density at radius 3 is 2.75 bits per heavy atom. The number of ketones is 1. The Kier molecular flexibility index (Phi) is 0.978. The average molecular weight is 161 g/mol. The zero-order chi connectivity index (χ0) is 8.18. The molecule has 0 unspecified atom stereocenters. The number of rotatable bonds is 0. The van der Waals surface area contributed by atoms with Crippen LogP contribution in [-0.4, -0.2) is 10.8 Å². The van der Waals surface area contributed by atoms with Crippen LogP contribution in [0.5, 0.6) is 0 Å². The van der Waals surface area contributed by atoms with Crippen molar-refractivity contribution in [1.82, 2.24) is 4.98 Å². The summed E-state index contributed by atoms with van der Waals surface area (Å²) in [5.41, 5.74) is 2.24. The Hall–Kier alpha value is -1.05. The molecule has 12 heavy (non-hydrogen) atoms. The molecular weight excluding hydrogens is 150 g/mol. The van der Waals surface area contributed by atoms with Crippen LogP contribution in [0, 0.1) is 5.41 Å². The van der Waals surface area contributed by atoms with E-state index in [2.05, 4.69) is 4.98 Å². The van der Waals surface area contributed by atoms with Crippen molar-refractivity contribution < 1.29 is 4.79 Å². The van der Waals surface area contributed by atoms with E-state index in [0.717, 1.165) is 24.8 Å². The smallest absolute Gasteiger partial charge is 0.171 e. The van der Waals surface area contributed by atoms with Gasteiger partial charge in [-0.2, -0.15) is 0 Å². The Morgan fingerprint density at radius 2 is 2.17 bits per heavy atom. The van der Waals surface area contributed by atoms with E-state index in [1.165, 1.54) is 12.0 Å². The maximum Gasteiger partial charge on any atom is 0.171 e. The van der Waals surface area contributed by atoms with Crippen LogP contribution in [-0.2, 0) is 6.42 Å². The summed E-state index contributed by atoms with van der Waals surface area (Å²) in [4.78, 5) is 14.8. The van der Waals surface area contributed by atoms with Gasteiger partial charge in [-0.3, -0.25) is 4.79 Å². The van der Waals surface area contributed by atoms with E-state index in [4.69, 9.17) is 0 Å². The average Bonchev–Trinajstić information content (AvgIpc) is 2.49. The number of carbonyl (C=O) groups excluding carboxylic acids is 1. The van der Waals surface area contributed by atoms with Gasteiger partial charge in [-0.15, -0.1) is 0 Å². The lowest BCUT2D eigenvalue weighted by molar-refractivity contribution is 0.0654. The van der Waals surface area contributed by atoms with Gasteiger partial charge in [0.2, 0.25) is 0 Å². The molecule has 3 rings (SSSR count). The zero-order valence-electron chi connectivity index (χ0n) is 6.89. The molecule has 2 nitrogen and oxygen atoms in total. The monoisotopic (exact) mass is 161 g/mol. The highest BCUT2D eigenvalue weighted by atomic mass is 16.1. The Labute approximate surface area is 71.0 Å². The van der Waals surface area contributed by atoms with Gasteiger partial charge in [0.25, 0.3) is 0 Å². The molecule has 2 aliphatic carbocycles. The third-order valence-corrected chi connectivity index (χ3v) is 3.40. The normalized spacial score (nSPS) is 24.2. The third-order valence-electron chi connectivity index (χ3n) is 3.40. The Morgan fingerprint density at radius 1 is 1.33 bits per heavy atom. The first-order valence-corrected chi connectivity index (χ1v) is 4.52. The molecule has 0 bridgehead atoms. The van der Waals surface area contributed by atoms with Crippen LogP contribution in [0.1, 0.15) is 35.2 Å². The van der Waals surface area contributed by atoms with Gasteiger partial charge in [-0.1, -0.05) is 6.42 Å². The number of aromatic nitrogens is 1. The van der Waals surface area contributed by atoms with Crippen LogP contribution in [0.2, 0.25) is 0 Å². The van der Waals surface area contributed by atoms with E-state index < -0.39 is 0 Å². The van der Waals surface area contributed by atoms with Crippen molar-refractivity contribution in [2.24, 2.45) is 5.41 Å². The van der Waals surface area contributed by atoms with Crippen molar-refractivity contribution >= 4 is 5.78 Å². The van der Waals surface area contributed by atoms with Crippen molar-refractivity contribution in [3.63, 3.8) is 0 Å². The van der Waals surface area contributed by atoms with Crippen molar-refractivity contribution in [3.05, 3.63) is 23.5 Å². The van der Waals surface area contributed by atoms with E-state index in [9.17, 15) is 4.79 Å². The standard InChI is InChI=1S/C10H11NO/c12-9-8-6-11-5-7(8)4-10(9)2-1-3-10/h5-6,11H,1-4H2. The number of aromatic amines is 1. The second-order valence-corrected chi connectivity index (χ2v) is 4.03. The number of H-pyrrole nitrogens is 1. The van der Waals surface area contributed by atoms with Crippen LogP contribution in [0.4, 0.5) is 0 Å². The highest BCUT2D eigenvalue weighted by Gasteiger charge is 2.49. The van der Waals surface area contributed by atoms with Crippen LogP contribution in [0.25, 0.3) is 0 Å². The Bertz CT molecular complexity index is 346. The summed E-state index contributed by atoms with van der Waals surface area (Å²) in [5, 5.41) is 0. The minimum atomic E-state index is 0.0553. The second-order valence-electron chi connectivity index (χ2n) is 4.03. The van der Waals surface area contributed by atoms with Crippen molar-refractivity contribution in [2.45, 2.75) is 25.7 Å². The summed E-state index contributed by atoms with van der Waals surface area (Å²) in [5.74, 6) is 0.394. The number of Topliss-reactive ketones (excluding diaryl/α,β-unsaturated/α-hetero) is 1. The SMILES string of the molecule is O=C1c2c[nH]cc2CC12CCC2. The number of fused-ring (bicyclic) bond motifs is 1. The maximum absolute atomic E-state index is 11.8. The molecule has 1 spiro atoms. The van der Waals surface area contributed by atoms with Gasteiger partial charge in [0, 0.05) is 23.4 Å². The van der Waals surface area contributed by atoms with Crippen LogP contribution in [0.3, 0.4) is 0 Å². The first-order valence-electron chi connectivity index (χ1n) is 4.52. The maximum atomic E-state index is 11.8. The number of carbonyl (C=O) groups is 1. The van der Waals surface area contributed by atoms with Crippen molar-refractivity contribution in [3.8, 4) is 0 Å². The Balaban J connectivity index is 2.10. The van der Waals surface area contributed by atoms with Gasteiger partial charge in [0.05, 0.1) is 0 Å². The highest BCUT2D eigenvalue weighted by Crippen LogP contribution is 2.50. The summed E-state index contributed by atoms with van der Waals surface area (Å²) < 4.78 is 0.